The number of amides is 1. The van der Waals surface area contributed by atoms with Crippen molar-refractivity contribution in [1.82, 2.24) is 5.01 Å². The summed E-state index contributed by atoms with van der Waals surface area (Å²) >= 11 is 20.3. The van der Waals surface area contributed by atoms with Crippen LogP contribution in [-0.4, -0.2) is 40.2 Å². The minimum Gasteiger partial charge on any atom is -0.490 e. The molecule has 7 nitrogen and oxygen atoms in total. The molecule has 1 N–H and O–H groups in total. The lowest BCUT2D eigenvalue weighted by Crippen LogP contribution is -2.35. The van der Waals surface area contributed by atoms with Crippen molar-refractivity contribution < 1.29 is 14.3 Å². The lowest BCUT2D eigenvalue weighted by atomic mass is 10.1. The monoisotopic (exact) mass is 570 g/mol. The summed E-state index contributed by atoms with van der Waals surface area (Å²) < 4.78 is 11.3. The number of halogens is 3. The van der Waals surface area contributed by atoms with Gasteiger partial charge in [0.1, 0.15) is 24.0 Å². The molecule has 37 heavy (non-hydrogen) atoms. The predicted molar refractivity (Wildman–Crippen MR) is 149 cm³/mol. The zero-order valence-corrected chi connectivity index (χ0v) is 22.0. The van der Waals surface area contributed by atoms with E-state index in [0.29, 0.717) is 38.7 Å². The summed E-state index contributed by atoms with van der Waals surface area (Å²) in [6, 6.07) is 19.8. The molecule has 2 aliphatic rings. The van der Waals surface area contributed by atoms with Crippen molar-refractivity contribution >= 4 is 74.6 Å². The highest BCUT2D eigenvalue weighted by atomic mass is 35.5. The van der Waals surface area contributed by atoms with Gasteiger partial charge in [0, 0.05) is 5.56 Å². The minimum absolute atomic E-state index is 0.0468. The summed E-state index contributed by atoms with van der Waals surface area (Å²) in [4.78, 5) is 16.9. The van der Waals surface area contributed by atoms with E-state index in [4.69, 9.17) is 49.7 Å². The molecule has 0 radical (unpaired) electrons. The Kier molecular flexibility index (Phi) is 7.53. The molecule has 0 aromatic heterocycles. The van der Waals surface area contributed by atoms with Gasteiger partial charge in [-0.2, -0.15) is 15.1 Å². The summed E-state index contributed by atoms with van der Waals surface area (Å²) in [5, 5.41) is 16.2. The summed E-state index contributed by atoms with van der Waals surface area (Å²) in [5.74, 6) is 0.355. The minimum atomic E-state index is -0.565. The van der Waals surface area contributed by atoms with Crippen LogP contribution in [0.15, 0.2) is 82.4 Å². The molecule has 1 amide bonds. The van der Waals surface area contributed by atoms with Crippen molar-refractivity contribution in [3.8, 4) is 11.5 Å². The van der Waals surface area contributed by atoms with Crippen molar-refractivity contribution in [2.24, 2.45) is 10.1 Å². The summed E-state index contributed by atoms with van der Waals surface area (Å²) in [7, 11) is 0. The Morgan fingerprint density at radius 1 is 0.919 bits per heavy atom. The Balaban J connectivity index is 1.32. The second kappa shape index (κ2) is 11.0. The lowest BCUT2D eigenvalue weighted by Gasteiger charge is -2.20. The summed E-state index contributed by atoms with van der Waals surface area (Å²) in [6.07, 6.45) is 1.50. The zero-order valence-electron chi connectivity index (χ0n) is 19.0. The number of hydrogen-bond acceptors (Lipinski definition) is 6. The molecule has 0 saturated heterocycles. The van der Waals surface area contributed by atoms with Crippen LogP contribution in [-0.2, 0) is 4.79 Å². The number of benzene rings is 3. The average molecular weight is 572 g/mol. The average Bonchev–Trinajstić information content (AvgIpc) is 3.30. The van der Waals surface area contributed by atoms with Gasteiger partial charge in [0.15, 0.2) is 11.6 Å². The van der Waals surface area contributed by atoms with Crippen molar-refractivity contribution in [3.63, 3.8) is 0 Å². The second-order valence-electron chi connectivity index (χ2n) is 7.73. The molecule has 5 rings (SSSR count). The van der Waals surface area contributed by atoms with E-state index in [1.165, 1.54) is 22.8 Å². The van der Waals surface area contributed by atoms with E-state index in [0.717, 1.165) is 5.75 Å². The maximum atomic E-state index is 12.8. The van der Waals surface area contributed by atoms with Crippen LogP contribution >= 0.6 is 46.6 Å². The van der Waals surface area contributed by atoms with E-state index in [1.807, 2.05) is 48.5 Å². The molecular formula is C26H17Cl3N4O3S. The van der Waals surface area contributed by atoms with Crippen molar-refractivity contribution in [1.29, 1.82) is 5.41 Å². The molecule has 0 bridgehead atoms. The Hall–Kier alpha value is -3.30. The molecule has 11 heteroatoms. The molecule has 0 saturated carbocycles. The largest absolute Gasteiger partial charge is 0.490 e. The molecule has 3 aromatic rings. The molecular weight excluding hydrogens is 555 g/mol. The number of hydrogen-bond donors (Lipinski definition) is 1. The number of para-hydroxylation sites is 1. The number of hydrazone groups is 1. The van der Waals surface area contributed by atoms with Gasteiger partial charge in [-0.15, -0.1) is 0 Å². The first-order valence-electron chi connectivity index (χ1n) is 11.0. The number of aliphatic imine (C=N–C) groups is 1. The Morgan fingerprint density at radius 3 is 2.32 bits per heavy atom. The quantitative estimate of drug-likeness (QED) is 0.250. The first-order chi connectivity index (χ1) is 17.9. The molecule has 0 unspecified atom stereocenters. The van der Waals surface area contributed by atoms with E-state index in [1.54, 1.807) is 18.2 Å². The fraction of sp³-hybridized carbons (Fsp3) is 0.0769. The van der Waals surface area contributed by atoms with Gasteiger partial charge in [0.25, 0.3) is 5.91 Å². The Bertz CT molecular complexity index is 1470. The van der Waals surface area contributed by atoms with Gasteiger partial charge in [0.05, 0.1) is 20.6 Å². The number of nitrogens with one attached hydrogen (secondary N) is 1. The highest BCUT2D eigenvalue weighted by molar-refractivity contribution is 8.27. The standard InChI is InChI=1S/C26H17Cl3N4O3S/c27-19-9-5-4-8-17(19)25-32-33-23(30)18(24(34)31-26(33)37-25)12-15-13-20(28)22(21(29)14-15)36-11-10-35-16-6-2-1-3-7-16/h1-9,12-14,30H,10-11H2/b18-12+,30-23?. The van der Waals surface area contributed by atoms with Crippen LogP contribution in [0, 0.1) is 5.41 Å². The van der Waals surface area contributed by atoms with Gasteiger partial charge >= 0.3 is 0 Å². The topological polar surface area (TPSA) is 87.3 Å². The van der Waals surface area contributed by atoms with E-state index in [2.05, 4.69) is 10.1 Å². The maximum Gasteiger partial charge on any atom is 0.283 e. The van der Waals surface area contributed by atoms with Crippen molar-refractivity contribution in [2.45, 2.75) is 0 Å². The number of amidine groups is 2. The van der Waals surface area contributed by atoms with Gasteiger partial charge in [-0.3, -0.25) is 10.2 Å². The van der Waals surface area contributed by atoms with E-state index in [-0.39, 0.29) is 28.1 Å². The van der Waals surface area contributed by atoms with Crippen LogP contribution in [0.25, 0.3) is 6.08 Å². The number of nitrogens with zero attached hydrogens (tertiary/aromatic N) is 3. The molecule has 0 aliphatic carbocycles. The highest BCUT2D eigenvalue weighted by Crippen LogP contribution is 2.36. The number of carbonyl (C=O) groups is 1. The van der Waals surface area contributed by atoms with Crippen LogP contribution in [0.4, 0.5) is 0 Å². The van der Waals surface area contributed by atoms with Gasteiger partial charge < -0.3 is 9.47 Å². The molecule has 186 valence electrons. The first kappa shape index (κ1) is 25.4. The summed E-state index contributed by atoms with van der Waals surface area (Å²) in [6.45, 7) is 0.535. The van der Waals surface area contributed by atoms with Gasteiger partial charge in [-0.05, 0) is 53.7 Å². The number of fused-ring (bicyclic) bond motifs is 1. The molecule has 2 heterocycles. The van der Waals surface area contributed by atoms with Gasteiger partial charge in [0.2, 0.25) is 5.17 Å². The molecule has 0 spiro atoms. The molecule has 3 aromatic carbocycles. The normalized spacial score (nSPS) is 16.0. The van der Waals surface area contributed by atoms with Gasteiger partial charge in [-0.25, -0.2) is 0 Å². The smallest absolute Gasteiger partial charge is 0.283 e. The van der Waals surface area contributed by atoms with E-state index < -0.39 is 5.91 Å². The third-order valence-electron chi connectivity index (χ3n) is 5.23. The van der Waals surface area contributed by atoms with Crippen LogP contribution in [0.1, 0.15) is 11.1 Å². The fourth-order valence-electron chi connectivity index (χ4n) is 3.52. The fourth-order valence-corrected chi connectivity index (χ4v) is 5.35. The number of carbonyl (C=O) groups excluding carboxylic acids is 1. The Morgan fingerprint density at radius 2 is 1.59 bits per heavy atom. The van der Waals surface area contributed by atoms with Crippen molar-refractivity contribution in [2.75, 3.05) is 13.2 Å². The maximum absolute atomic E-state index is 12.8. The first-order valence-corrected chi connectivity index (χ1v) is 12.9. The Labute approximate surface area is 231 Å². The third-order valence-corrected chi connectivity index (χ3v) is 7.06. The van der Waals surface area contributed by atoms with Gasteiger partial charge in [-0.1, -0.05) is 71.2 Å². The number of ether oxygens (including phenoxy) is 2. The van der Waals surface area contributed by atoms with E-state index >= 15 is 0 Å². The zero-order chi connectivity index (χ0) is 25.9. The van der Waals surface area contributed by atoms with Crippen molar-refractivity contribution in [3.05, 3.63) is 98.5 Å². The molecule has 2 aliphatic heterocycles. The van der Waals surface area contributed by atoms with Crippen LogP contribution in [0.2, 0.25) is 15.1 Å². The van der Waals surface area contributed by atoms with Crippen LogP contribution < -0.4 is 9.47 Å². The molecule has 0 fully saturated rings. The predicted octanol–water partition coefficient (Wildman–Crippen LogP) is 6.77. The number of rotatable bonds is 7. The highest BCUT2D eigenvalue weighted by Gasteiger charge is 2.36. The van der Waals surface area contributed by atoms with E-state index in [9.17, 15) is 4.79 Å². The summed E-state index contributed by atoms with van der Waals surface area (Å²) in [5.41, 5.74) is 1.25. The third kappa shape index (κ3) is 5.52. The van der Waals surface area contributed by atoms with Crippen LogP contribution in [0.5, 0.6) is 11.5 Å². The lowest BCUT2D eigenvalue weighted by molar-refractivity contribution is -0.114. The van der Waals surface area contributed by atoms with Crippen LogP contribution in [0.3, 0.4) is 0 Å². The SMILES string of the molecule is N=C1/C(=C\c2cc(Cl)c(OCCOc3ccccc3)c(Cl)c2)C(=O)N=C2SC(c3ccccc3Cl)=NN12. The molecule has 0 atom stereocenters. The second-order valence-corrected chi connectivity index (χ2v) is 9.91. The number of thioether (sulfide) groups is 1.